The van der Waals surface area contributed by atoms with Crippen LogP contribution in [0.4, 0.5) is 0 Å². The molecule has 17 heavy (non-hydrogen) atoms. The Bertz CT molecular complexity index is 206. The molecule has 0 bridgehead atoms. The topological polar surface area (TPSA) is 12.0 Å². The van der Waals surface area contributed by atoms with Crippen LogP contribution in [0.5, 0.6) is 0 Å². The van der Waals surface area contributed by atoms with Gasteiger partial charge in [0.2, 0.25) is 0 Å². The van der Waals surface area contributed by atoms with Crippen molar-refractivity contribution in [2.24, 2.45) is 23.2 Å². The lowest BCUT2D eigenvalue weighted by atomic mass is 9.71. The Balaban J connectivity index is 2.24. The molecule has 0 aromatic carbocycles. The Morgan fingerprint density at radius 1 is 1.00 bits per heavy atom. The molecule has 0 saturated heterocycles. The smallest absolute Gasteiger partial charge is 0.00673 e. The number of rotatable bonds is 4. The second-order valence-electron chi connectivity index (χ2n) is 7.54. The second-order valence-corrected chi connectivity index (χ2v) is 7.54. The minimum absolute atomic E-state index is 0.510. The molecule has 0 heterocycles. The maximum absolute atomic E-state index is 3.77. The van der Waals surface area contributed by atoms with E-state index in [0.717, 1.165) is 23.8 Å². The first-order chi connectivity index (χ1) is 7.80. The molecule has 0 aromatic rings. The first kappa shape index (κ1) is 15.0. The van der Waals surface area contributed by atoms with E-state index < -0.39 is 0 Å². The molecule has 1 unspecified atom stereocenters. The molecule has 1 aliphatic rings. The van der Waals surface area contributed by atoms with E-state index in [1.807, 2.05) is 0 Å². The average Bonchev–Trinajstić information content (AvgIpc) is 2.25. The predicted octanol–water partition coefficient (Wildman–Crippen LogP) is 4.47. The van der Waals surface area contributed by atoms with Crippen molar-refractivity contribution in [1.29, 1.82) is 0 Å². The van der Waals surface area contributed by atoms with Crippen molar-refractivity contribution in [1.82, 2.24) is 5.32 Å². The van der Waals surface area contributed by atoms with Crippen LogP contribution in [0.2, 0.25) is 0 Å². The van der Waals surface area contributed by atoms with Gasteiger partial charge in [0.05, 0.1) is 0 Å². The van der Waals surface area contributed by atoms with Crippen LogP contribution in [0, 0.1) is 23.2 Å². The van der Waals surface area contributed by atoms with E-state index in [0.29, 0.717) is 5.41 Å². The molecule has 1 saturated carbocycles. The van der Waals surface area contributed by atoms with E-state index in [2.05, 4.69) is 46.9 Å². The Morgan fingerprint density at radius 3 is 1.94 bits per heavy atom. The van der Waals surface area contributed by atoms with Crippen molar-refractivity contribution in [3.63, 3.8) is 0 Å². The highest BCUT2D eigenvalue weighted by molar-refractivity contribution is 4.83. The SMILES string of the molecule is CC(C)C(C)CNC1CCC(C(C)(C)C)CC1. The largest absolute Gasteiger partial charge is 0.314 e. The van der Waals surface area contributed by atoms with Gasteiger partial charge in [0, 0.05) is 6.04 Å². The van der Waals surface area contributed by atoms with Crippen molar-refractivity contribution in [2.45, 2.75) is 73.3 Å². The first-order valence-electron chi connectivity index (χ1n) is 7.54. The summed E-state index contributed by atoms with van der Waals surface area (Å²) >= 11 is 0. The fraction of sp³-hybridized carbons (Fsp3) is 1.00. The van der Waals surface area contributed by atoms with Gasteiger partial charge in [-0.05, 0) is 55.4 Å². The van der Waals surface area contributed by atoms with Crippen LogP contribution < -0.4 is 5.32 Å². The molecular weight excluding hydrogens is 206 g/mol. The second kappa shape index (κ2) is 6.22. The van der Waals surface area contributed by atoms with Crippen LogP contribution in [0.25, 0.3) is 0 Å². The monoisotopic (exact) mass is 239 g/mol. The minimum atomic E-state index is 0.510. The highest BCUT2D eigenvalue weighted by Crippen LogP contribution is 2.37. The van der Waals surface area contributed by atoms with Crippen LogP contribution >= 0.6 is 0 Å². The lowest BCUT2D eigenvalue weighted by Gasteiger charge is -2.37. The summed E-state index contributed by atoms with van der Waals surface area (Å²) in [7, 11) is 0. The van der Waals surface area contributed by atoms with Gasteiger partial charge in [-0.3, -0.25) is 0 Å². The van der Waals surface area contributed by atoms with Crippen molar-refractivity contribution < 1.29 is 0 Å². The van der Waals surface area contributed by atoms with Gasteiger partial charge in [0.25, 0.3) is 0 Å². The van der Waals surface area contributed by atoms with Gasteiger partial charge >= 0.3 is 0 Å². The van der Waals surface area contributed by atoms with Gasteiger partial charge in [-0.1, -0.05) is 41.5 Å². The molecule has 1 rings (SSSR count). The van der Waals surface area contributed by atoms with E-state index >= 15 is 0 Å². The van der Waals surface area contributed by atoms with Crippen molar-refractivity contribution in [3.05, 3.63) is 0 Å². The lowest BCUT2D eigenvalue weighted by Crippen LogP contribution is -2.38. The van der Waals surface area contributed by atoms with Crippen LogP contribution in [-0.2, 0) is 0 Å². The third-order valence-electron chi connectivity index (χ3n) is 4.82. The lowest BCUT2D eigenvalue weighted by molar-refractivity contribution is 0.157. The molecule has 0 spiro atoms. The van der Waals surface area contributed by atoms with E-state index in [1.165, 1.54) is 32.2 Å². The Hall–Kier alpha value is -0.0400. The summed E-state index contributed by atoms with van der Waals surface area (Å²) < 4.78 is 0. The molecule has 0 amide bonds. The van der Waals surface area contributed by atoms with E-state index in [9.17, 15) is 0 Å². The number of nitrogens with one attached hydrogen (secondary N) is 1. The summed E-state index contributed by atoms with van der Waals surface area (Å²) in [6.07, 6.45) is 5.59. The van der Waals surface area contributed by atoms with E-state index in [1.54, 1.807) is 0 Å². The summed E-state index contributed by atoms with van der Waals surface area (Å²) in [5, 5.41) is 3.77. The zero-order valence-corrected chi connectivity index (χ0v) is 12.8. The van der Waals surface area contributed by atoms with Gasteiger partial charge in [-0.15, -0.1) is 0 Å². The van der Waals surface area contributed by atoms with Crippen molar-refractivity contribution in [3.8, 4) is 0 Å². The molecule has 0 aliphatic heterocycles. The van der Waals surface area contributed by atoms with Gasteiger partial charge in [0.15, 0.2) is 0 Å². The Morgan fingerprint density at radius 2 is 1.53 bits per heavy atom. The average molecular weight is 239 g/mol. The quantitative estimate of drug-likeness (QED) is 0.763. The molecule has 0 aromatic heterocycles. The normalized spacial score (nSPS) is 28.4. The molecule has 1 nitrogen and oxygen atoms in total. The first-order valence-corrected chi connectivity index (χ1v) is 7.54. The fourth-order valence-electron chi connectivity index (χ4n) is 2.75. The Labute approximate surface area is 109 Å². The minimum Gasteiger partial charge on any atom is -0.314 e. The summed E-state index contributed by atoms with van der Waals surface area (Å²) in [6, 6.07) is 0.787. The highest BCUT2D eigenvalue weighted by Gasteiger charge is 2.29. The predicted molar refractivity (Wildman–Crippen MR) is 77.2 cm³/mol. The molecular formula is C16H33N. The third kappa shape index (κ3) is 4.99. The van der Waals surface area contributed by atoms with Gasteiger partial charge in [-0.2, -0.15) is 0 Å². The summed E-state index contributed by atoms with van der Waals surface area (Å²) in [5.74, 6) is 2.53. The van der Waals surface area contributed by atoms with Crippen LogP contribution in [0.1, 0.15) is 67.2 Å². The van der Waals surface area contributed by atoms with Crippen molar-refractivity contribution >= 4 is 0 Å². The zero-order valence-electron chi connectivity index (χ0n) is 12.8. The molecule has 0 radical (unpaired) electrons. The summed E-state index contributed by atoms with van der Waals surface area (Å²) in [5.41, 5.74) is 0.510. The highest BCUT2D eigenvalue weighted by atomic mass is 14.9. The van der Waals surface area contributed by atoms with E-state index in [-0.39, 0.29) is 0 Å². The molecule has 1 aliphatic carbocycles. The fourth-order valence-corrected chi connectivity index (χ4v) is 2.75. The number of hydrogen-bond donors (Lipinski definition) is 1. The van der Waals surface area contributed by atoms with Crippen molar-refractivity contribution in [2.75, 3.05) is 6.54 Å². The number of hydrogen-bond acceptors (Lipinski definition) is 1. The molecule has 1 heteroatoms. The Kier molecular flexibility index (Phi) is 5.50. The van der Waals surface area contributed by atoms with Crippen LogP contribution in [0.15, 0.2) is 0 Å². The molecule has 102 valence electrons. The maximum atomic E-state index is 3.77. The maximum Gasteiger partial charge on any atom is 0.00673 e. The van der Waals surface area contributed by atoms with Gasteiger partial charge in [0.1, 0.15) is 0 Å². The molecule has 1 N–H and O–H groups in total. The molecule has 1 atom stereocenters. The van der Waals surface area contributed by atoms with Gasteiger partial charge < -0.3 is 5.32 Å². The van der Waals surface area contributed by atoms with E-state index in [4.69, 9.17) is 0 Å². The zero-order chi connectivity index (χ0) is 13.1. The van der Waals surface area contributed by atoms with Crippen LogP contribution in [-0.4, -0.2) is 12.6 Å². The van der Waals surface area contributed by atoms with Crippen LogP contribution in [0.3, 0.4) is 0 Å². The third-order valence-corrected chi connectivity index (χ3v) is 4.82. The molecule has 1 fully saturated rings. The standard InChI is InChI=1S/C16H33N/c1-12(2)13(3)11-17-15-9-7-14(8-10-15)16(4,5)6/h12-15,17H,7-11H2,1-6H3. The van der Waals surface area contributed by atoms with Gasteiger partial charge in [-0.25, -0.2) is 0 Å². The summed E-state index contributed by atoms with van der Waals surface area (Å²) in [6.45, 7) is 15.4. The summed E-state index contributed by atoms with van der Waals surface area (Å²) in [4.78, 5) is 0.